The van der Waals surface area contributed by atoms with Crippen LogP contribution in [-0.2, 0) is 0 Å². The Hall–Kier alpha value is -0.630. The fourth-order valence-corrected chi connectivity index (χ4v) is 3.28. The van der Waals surface area contributed by atoms with Crippen molar-refractivity contribution in [1.29, 1.82) is 5.26 Å². The number of piperidine rings is 1. The maximum absolute atomic E-state index is 9.35. The fourth-order valence-electron chi connectivity index (χ4n) is 3.28. The van der Waals surface area contributed by atoms with E-state index in [2.05, 4.69) is 49.1 Å². The van der Waals surface area contributed by atoms with Gasteiger partial charge in [0, 0.05) is 12.6 Å². The van der Waals surface area contributed by atoms with Gasteiger partial charge in [0.05, 0.1) is 6.07 Å². The predicted molar refractivity (Wildman–Crippen MR) is 89.2 cm³/mol. The average molecular weight is 294 g/mol. The van der Waals surface area contributed by atoms with Crippen LogP contribution in [0.25, 0.3) is 0 Å². The Balaban J connectivity index is 2.23. The van der Waals surface area contributed by atoms with Crippen LogP contribution in [0.4, 0.5) is 0 Å². The topological polar surface area (TPSA) is 42.3 Å². The summed E-state index contributed by atoms with van der Waals surface area (Å²) in [6.45, 7) is 11.0. The Morgan fingerprint density at radius 1 is 1.38 bits per heavy atom. The van der Waals surface area contributed by atoms with Gasteiger partial charge in [-0.3, -0.25) is 5.32 Å². The van der Waals surface area contributed by atoms with E-state index >= 15 is 0 Å². The summed E-state index contributed by atoms with van der Waals surface area (Å²) in [6, 6.07) is 2.79. The zero-order valence-electron chi connectivity index (χ0n) is 14.7. The lowest BCUT2D eigenvalue weighted by atomic mass is 9.95. The van der Waals surface area contributed by atoms with Gasteiger partial charge in [-0.15, -0.1) is 0 Å². The van der Waals surface area contributed by atoms with Crippen LogP contribution < -0.4 is 5.32 Å². The Kier molecular flexibility index (Phi) is 7.65. The summed E-state index contributed by atoms with van der Waals surface area (Å²) in [5.74, 6) is 0.849. The molecule has 21 heavy (non-hydrogen) atoms. The van der Waals surface area contributed by atoms with E-state index in [-0.39, 0.29) is 5.54 Å². The molecule has 4 nitrogen and oxygen atoms in total. The number of rotatable bonds is 8. The molecular formula is C17H34N4. The van der Waals surface area contributed by atoms with E-state index in [9.17, 15) is 5.26 Å². The first-order valence-electron chi connectivity index (χ1n) is 8.40. The molecule has 0 aromatic heterocycles. The molecule has 1 unspecified atom stereocenters. The van der Waals surface area contributed by atoms with Crippen LogP contribution in [0, 0.1) is 17.2 Å². The molecule has 1 heterocycles. The predicted octanol–water partition coefficient (Wildman–Crippen LogP) is 2.32. The van der Waals surface area contributed by atoms with Gasteiger partial charge < -0.3 is 9.80 Å². The minimum atomic E-state index is -0.386. The molecule has 0 saturated carbocycles. The summed E-state index contributed by atoms with van der Waals surface area (Å²) >= 11 is 0. The molecule has 1 N–H and O–H groups in total. The number of nitrogens with zero attached hydrogens (tertiary/aromatic N) is 3. The van der Waals surface area contributed by atoms with E-state index in [1.165, 1.54) is 32.5 Å². The Bertz CT molecular complexity index is 328. The van der Waals surface area contributed by atoms with Gasteiger partial charge in [-0.05, 0) is 86.1 Å². The molecule has 0 spiro atoms. The molecule has 1 aliphatic rings. The van der Waals surface area contributed by atoms with Crippen molar-refractivity contribution in [2.24, 2.45) is 5.92 Å². The van der Waals surface area contributed by atoms with E-state index < -0.39 is 0 Å². The molecule has 1 aliphatic heterocycles. The Labute approximate surface area is 131 Å². The monoisotopic (exact) mass is 294 g/mol. The van der Waals surface area contributed by atoms with Crippen molar-refractivity contribution >= 4 is 0 Å². The van der Waals surface area contributed by atoms with Crippen molar-refractivity contribution in [1.82, 2.24) is 15.1 Å². The Morgan fingerprint density at radius 3 is 2.52 bits per heavy atom. The summed E-state index contributed by atoms with van der Waals surface area (Å²) in [4.78, 5) is 4.87. The molecule has 0 aliphatic carbocycles. The third-order valence-corrected chi connectivity index (χ3v) is 4.48. The fraction of sp³-hybridized carbons (Fsp3) is 0.941. The molecule has 0 bridgehead atoms. The number of hydrogen-bond donors (Lipinski definition) is 1. The third-order valence-electron chi connectivity index (χ3n) is 4.48. The molecule has 0 amide bonds. The van der Waals surface area contributed by atoms with E-state index in [0.29, 0.717) is 6.04 Å². The van der Waals surface area contributed by atoms with Crippen LogP contribution in [-0.4, -0.2) is 61.7 Å². The minimum absolute atomic E-state index is 0.353. The van der Waals surface area contributed by atoms with Crippen molar-refractivity contribution < 1.29 is 0 Å². The summed E-state index contributed by atoms with van der Waals surface area (Å²) in [5, 5.41) is 12.7. The van der Waals surface area contributed by atoms with Crippen molar-refractivity contribution in [3.63, 3.8) is 0 Å². The van der Waals surface area contributed by atoms with Gasteiger partial charge in [-0.1, -0.05) is 0 Å². The maximum Gasteiger partial charge on any atom is 0.104 e. The van der Waals surface area contributed by atoms with Crippen LogP contribution in [0.3, 0.4) is 0 Å². The molecule has 0 radical (unpaired) electrons. The summed E-state index contributed by atoms with van der Waals surface area (Å²) < 4.78 is 0. The van der Waals surface area contributed by atoms with Gasteiger partial charge in [0.2, 0.25) is 0 Å². The van der Waals surface area contributed by atoms with Crippen molar-refractivity contribution in [2.45, 2.75) is 58.0 Å². The zero-order chi connectivity index (χ0) is 15.9. The highest BCUT2D eigenvalue weighted by Gasteiger charge is 2.24. The Morgan fingerprint density at radius 2 is 2.00 bits per heavy atom. The number of likely N-dealkylation sites (tertiary alicyclic amines) is 1. The van der Waals surface area contributed by atoms with Gasteiger partial charge in [-0.25, -0.2) is 0 Å². The van der Waals surface area contributed by atoms with Crippen LogP contribution in [0.5, 0.6) is 0 Å². The molecule has 0 aromatic rings. The molecule has 1 fully saturated rings. The van der Waals surface area contributed by atoms with E-state index in [1.54, 1.807) is 0 Å². The van der Waals surface area contributed by atoms with Crippen molar-refractivity contribution in [3.8, 4) is 6.07 Å². The summed E-state index contributed by atoms with van der Waals surface area (Å²) in [5.41, 5.74) is -0.386. The maximum atomic E-state index is 9.35. The highest BCUT2D eigenvalue weighted by molar-refractivity contribution is 5.04. The molecular weight excluding hydrogens is 260 g/mol. The van der Waals surface area contributed by atoms with Crippen LogP contribution in [0.15, 0.2) is 0 Å². The summed E-state index contributed by atoms with van der Waals surface area (Å²) in [6.07, 6.45) is 4.64. The van der Waals surface area contributed by atoms with Gasteiger partial charge in [0.15, 0.2) is 0 Å². The first kappa shape index (κ1) is 18.4. The molecule has 122 valence electrons. The number of nitriles is 1. The normalized spacial score (nSPS) is 20.7. The van der Waals surface area contributed by atoms with E-state index in [0.717, 1.165) is 25.3 Å². The van der Waals surface area contributed by atoms with Gasteiger partial charge in [-0.2, -0.15) is 5.26 Å². The first-order chi connectivity index (χ1) is 9.84. The second-order valence-electron chi connectivity index (χ2n) is 7.36. The lowest BCUT2D eigenvalue weighted by Crippen LogP contribution is -2.45. The lowest BCUT2D eigenvalue weighted by Gasteiger charge is -2.32. The van der Waals surface area contributed by atoms with E-state index in [4.69, 9.17) is 0 Å². The first-order valence-corrected chi connectivity index (χ1v) is 8.40. The highest BCUT2D eigenvalue weighted by Crippen LogP contribution is 2.18. The standard InChI is InChI=1S/C17H34N4/c1-15(2)19-17(3,14-18)9-6-10-21(5)13-16-7-11-20(4)12-8-16/h15-16,19H,6-13H2,1-5H3. The third kappa shape index (κ3) is 7.26. The van der Waals surface area contributed by atoms with Crippen LogP contribution in [0.1, 0.15) is 46.5 Å². The SMILES string of the molecule is CC(C)NC(C)(C#N)CCCN(C)CC1CCN(C)CC1. The second kappa shape index (κ2) is 8.73. The average Bonchev–Trinajstić information content (AvgIpc) is 2.40. The van der Waals surface area contributed by atoms with Crippen molar-refractivity contribution in [3.05, 3.63) is 0 Å². The quantitative estimate of drug-likeness (QED) is 0.746. The lowest BCUT2D eigenvalue weighted by molar-refractivity contribution is 0.173. The van der Waals surface area contributed by atoms with Crippen LogP contribution in [0.2, 0.25) is 0 Å². The number of nitrogens with one attached hydrogen (secondary N) is 1. The zero-order valence-corrected chi connectivity index (χ0v) is 14.7. The molecule has 1 rings (SSSR count). The summed E-state index contributed by atoms with van der Waals surface area (Å²) in [7, 11) is 4.43. The minimum Gasteiger partial charge on any atom is -0.306 e. The number of hydrogen-bond acceptors (Lipinski definition) is 4. The highest BCUT2D eigenvalue weighted by atomic mass is 15.1. The second-order valence-corrected chi connectivity index (χ2v) is 7.36. The van der Waals surface area contributed by atoms with Gasteiger partial charge >= 0.3 is 0 Å². The van der Waals surface area contributed by atoms with Crippen LogP contribution >= 0.6 is 0 Å². The molecule has 0 aromatic carbocycles. The largest absolute Gasteiger partial charge is 0.306 e. The smallest absolute Gasteiger partial charge is 0.104 e. The molecule has 1 saturated heterocycles. The van der Waals surface area contributed by atoms with Gasteiger partial charge in [0.1, 0.15) is 5.54 Å². The molecule has 4 heteroatoms. The van der Waals surface area contributed by atoms with E-state index in [1.807, 2.05) is 6.92 Å². The van der Waals surface area contributed by atoms with Crippen molar-refractivity contribution in [2.75, 3.05) is 40.3 Å². The molecule has 1 atom stereocenters. The van der Waals surface area contributed by atoms with Gasteiger partial charge in [0.25, 0.3) is 0 Å².